The summed E-state index contributed by atoms with van der Waals surface area (Å²) >= 11 is 11.8. The Balaban J connectivity index is 2.20. The van der Waals surface area contributed by atoms with Gasteiger partial charge in [-0.1, -0.05) is 41.9 Å². The third-order valence-corrected chi connectivity index (χ3v) is 3.55. The van der Waals surface area contributed by atoms with Crippen LogP contribution in [0.2, 0.25) is 5.02 Å². The molecule has 0 nitrogen and oxygen atoms in total. The van der Waals surface area contributed by atoms with Crippen molar-refractivity contribution in [2.45, 2.75) is 12.3 Å². The first kappa shape index (κ1) is 13.4. The predicted octanol–water partition coefficient (Wildman–Crippen LogP) is 5.04. The fraction of sp³-hybridized carbons (Fsp3) is 0.200. The van der Waals surface area contributed by atoms with Crippen molar-refractivity contribution >= 4 is 23.2 Å². The van der Waals surface area contributed by atoms with E-state index in [2.05, 4.69) is 0 Å². The van der Waals surface area contributed by atoms with Gasteiger partial charge in [0.15, 0.2) is 0 Å². The Kier molecular flexibility index (Phi) is 4.62. The van der Waals surface area contributed by atoms with Crippen molar-refractivity contribution in [3.63, 3.8) is 0 Å². The first-order valence-corrected chi connectivity index (χ1v) is 6.67. The van der Waals surface area contributed by atoms with Crippen molar-refractivity contribution in [1.82, 2.24) is 0 Å². The minimum absolute atomic E-state index is 0.0194. The maximum absolute atomic E-state index is 13.7. The average molecular weight is 283 g/mol. The van der Waals surface area contributed by atoms with E-state index < -0.39 is 0 Å². The van der Waals surface area contributed by atoms with Gasteiger partial charge >= 0.3 is 0 Å². The summed E-state index contributed by atoms with van der Waals surface area (Å²) in [6.45, 7) is 0. The molecule has 0 saturated carbocycles. The van der Waals surface area contributed by atoms with Crippen LogP contribution in [0.3, 0.4) is 0 Å². The van der Waals surface area contributed by atoms with E-state index in [1.54, 1.807) is 12.1 Å². The zero-order chi connectivity index (χ0) is 13.0. The van der Waals surface area contributed by atoms with E-state index in [4.69, 9.17) is 23.2 Å². The molecule has 0 saturated heterocycles. The minimum atomic E-state index is -0.197. The first-order chi connectivity index (χ1) is 8.70. The quantitative estimate of drug-likeness (QED) is 0.689. The van der Waals surface area contributed by atoms with Gasteiger partial charge in [-0.25, -0.2) is 4.39 Å². The molecule has 0 aromatic heterocycles. The Bertz CT molecular complexity index is 508. The Hall–Kier alpha value is -1.05. The molecular formula is C15H13Cl2F. The molecule has 0 radical (unpaired) electrons. The molecule has 0 N–H and O–H groups in total. The van der Waals surface area contributed by atoms with Gasteiger partial charge in [-0.3, -0.25) is 0 Å². The maximum atomic E-state index is 13.7. The van der Waals surface area contributed by atoms with Crippen LogP contribution in [0.4, 0.5) is 4.39 Å². The van der Waals surface area contributed by atoms with Gasteiger partial charge in [0.05, 0.1) is 0 Å². The highest BCUT2D eigenvalue weighted by Gasteiger charge is 2.15. The molecule has 0 spiro atoms. The number of alkyl halides is 1. The molecule has 2 aromatic rings. The topological polar surface area (TPSA) is 0 Å². The van der Waals surface area contributed by atoms with Crippen LogP contribution in [0.25, 0.3) is 0 Å². The second-order valence-electron chi connectivity index (χ2n) is 4.20. The molecule has 2 rings (SSSR count). The highest BCUT2D eigenvalue weighted by molar-refractivity contribution is 6.30. The van der Waals surface area contributed by atoms with Gasteiger partial charge < -0.3 is 0 Å². The van der Waals surface area contributed by atoms with E-state index in [-0.39, 0.29) is 11.7 Å². The molecule has 0 aliphatic heterocycles. The van der Waals surface area contributed by atoms with Crippen molar-refractivity contribution in [1.29, 1.82) is 0 Å². The maximum Gasteiger partial charge on any atom is 0.126 e. The normalized spacial score (nSPS) is 12.4. The third-order valence-electron chi connectivity index (χ3n) is 2.93. The Morgan fingerprint density at radius 2 is 1.67 bits per heavy atom. The van der Waals surface area contributed by atoms with Gasteiger partial charge in [-0.05, 0) is 35.7 Å². The summed E-state index contributed by atoms with van der Waals surface area (Å²) in [4.78, 5) is 0. The molecule has 1 atom stereocenters. The van der Waals surface area contributed by atoms with E-state index >= 15 is 0 Å². The lowest BCUT2D eigenvalue weighted by Gasteiger charge is -2.15. The van der Waals surface area contributed by atoms with E-state index in [0.29, 0.717) is 22.9 Å². The third kappa shape index (κ3) is 3.24. The molecular weight excluding hydrogens is 270 g/mol. The zero-order valence-corrected chi connectivity index (χ0v) is 11.3. The summed E-state index contributed by atoms with van der Waals surface area (Å²) in [6, 6.07) is 14.3. The molecule has 1 unspecified atom stereocenters. The standard InChI is InChI=1S/C15H13Cl2F/c16-10-12(14-3-1-2-4-15(14)18)9-11-5-7-13(17)8-6-11/h1-8,12H,9-10H2. The molecule has 2 aromatic carbocycles. The fourth-order valence-corrected chi connectivity index (χ4v) is 2.36. The van der Waals surface area contributed by atoms with Crippen molar-refractivity contribution in [3.8, 4) is 0 Å². The number of halogens is 3. The molecule has 0 amide bonds. The van der Waals surface area contributed by atoms with Crippen molar-refractivity contribution in [2.75, 3.05) is 5.88 Å². The lowest BCUT2D eigenvalue weighted by molar-refractivity contribution is 0.589. The van der Waals surface area contributed by atoms with E-state index in [1.165, 1.54) is 6.07 Å². The number of rotatable bonds is 4. The number of hydrogen-bond donors (Lipinski definition) is 0. The lowest BCUT2D eigenvalue weighted by Crippen LogP contribution is -2.06. The Morgan fingerprint density at radius 3 is 2.28 bits per heavy atom. The van der Waals surface area contributed by atoms with Crippen LogP contribution in [-0.4, -0.2) is 5.88 Å². The van der Waals surface area contributed by atoms with Crippen molar-refractivity contribution < 1.29 is 4.39 Å². The van der Waals surface area contributed by atoms with Crippen LogP contribution in [-0.2, 0) is 6.42 Å². The summed E-state index contributed by atoms with van der Waals surface area (Å²) in [5, 5.41) is 0.701. The molecule has 0 fully saturated rings. The summed E-state index contributed by atoms with van der Waals surface area (Å²) in [5.41, 5.74) is 1.77. The fourth-order valence-electron chi connectivity index (χ4n) is 1.96. The molecule has 0 aliphatic carbocycles. The molecule has 3 heteroatoms. The van der Waals surface area contributed by atoms with Gasteiger partial charge in [-0.2, -0.15) is 0 Å². The zero-order valence-electron chi connectivity index (χ0n) is 9.74. The predicted molar refractivity (Wildman–Crippen MR) is 75.0 cm³/mol. The van der Waals surface area contributed by atoms with Crippen LogP contribution in [0, 0.1) is 5.82 Å². The number of hydrogen-bond acceptors (Lipinski definition) is 0. The summed E-state index contributed by atoms with van der Waals surface area (Å²) in [7, 11) is 0. The van der Waals surface area contributed by atoms with Crippen LogP contribution < -0.4 is 0 Å². The minimum Gasteiger partial charge on any atom is -0.207 e. The summed E-state index contributed by atoms with van der Waals surface area (Å²) in [5.74, 6) is 0.176. The summed E-state index contributed by atoms with van der Waals surface area (Å²) < 4.78 is 13.7. The van der Waals surface area contributed by atoms with Crippen LogP contribution >= 0.6 is 23.2 Å². The number of benzene rings is 2. The van der Waals surface area contributed by atoms with Crippen molar-refractivity contribution in [3.05, 3.63) is 70.5 Å². The lowest BCUT2D eigenvalue weighted by atomic mass is 9.93. The second kappa shape index (κ2) is 6.21. The van der Waals surface area contributed by atoms with E-state index in [1.807, 2.05) is 30.3 Å². The smallest absolute Gasteiger partial charge is 0.126 e. The van der Waals surface area contributed by atoms with Crippen molar-refractivity contribution in [2.24, 2.45) is 0 Å². The van der Waals surface area contributed by atoms with E-state index in [9.17, 15) is 4.39 Å². The van der Waals surface area contributed by atoms with Gasteiger partial charge in [0.2, 0.25) is 0 Å². The highest BCUT2D eigenvalue weighted by Crippen LogP contribution is 2.25. The van der Waals surface area contributed by atoms with Crippen LogP contribution in [0.15, 0.2) is 48.5 Å². The van der Waals surface area contributed by atoms with Gasteiger partial charge in [-0.15, -0.1) is 11.6 Å². The molecule has 0 bridgehead atoms. The van der Waals surface area contributed by atoms with Gasteiger partial charge in [0.25, 0.3) is 0 Å². The molecule has 18 heavy (non-hydrogen) atoms. The first-order valence-electron chi connectivity index (χ1n) is 5.75. The monoisotopic (exact) mass is 282 g/mol. The average Bonchev–Trinajstić information content (AvgIpc) is 2.39. The molecule has 0 aliphatic rings. The molecule has 0 heterocycles. The largest absolute Gasteiger partial charge is 0.207 e. The highest BCUT2D eigenvalue weighted by atomic mass is 35.5. The van der Waals surface area contributed by atoms with Gasteiger partial charge in [0, 0.05) is 16.8 Å². The second-order valence-corrected chi connectivity index (χ2v) is 4.95. The van der Waals surface area contributed by atoms with Crippen LogP contribution in [0.1, 0.15) is 17.0 Å². The van der Waals surface area contributed by atoms with Gasteiger partial charge in [0.1, 0.15) is 5.82 Å². The summed E-state index contributed by atoms with van der Waals surface area (Å²) in [6.07, 6.45) is 0.710. The molecule has 94 valence electrons. The van der Waals surface area contributed by atoms with Crippen LogP contribution in [0.5, 0.6) is 0 Å². The van der Waals surface area contributed by atoms with E-state index in [0.717, 1.165) is 5.56 Å². The Morgan fingerprint density at radius 1 is 1.00 bits per heavy atom. The SMILES string of the molecule is Fc1ccccc1C(CCl)Cc1ccc(Cl)cc1. The Labute approximate surface area is 116 Å².